The highest BCUT2D eigenvalue weighted by atomic mass is 16.7. The molecule has 9 heteroatoms. The molecule has 1 aliphatic rings. The minimum absolute atomic E-state index is 0.191. The van der Waals surface area contributed by atoms with Crippen molar-refractivity contribution in [1.29, 1.82) is 0 Å². The third-order valence-corrected chi connectivity index (χ3v) is 16.7. The molecule has 0 aromatic rings. The highest BCUT2D eigenvalue weighted by Gasteiger charge is 2.44. The largest absolute Gasteiger partial charge is 0.394 e. The zero-order chi connectivity index (χ0) is 64.9. The van der Waals surface area contributed by atoms with Crippen LogP contribution in [0.15, 0.2) is 146 Å². The van der Waals surface area contributed by atoms with Crippen LogP contribution < -0.4 is 5.32 Å². The molecule has 514 valence electrons. The molecule has 6 N–H and O–H groups in total. The average molecular weight is 1250 g/mol. The van der Waals surface area contributed by atoms with E-state index in [2.05, 4.69) is 153 Å². The number of carbonyl (C=O) groups excluding carboxylic acids is 1. The average Bonchev–Trinajstić information content (AvgIpc) is 1.28. The minimum Gasteiger partial charge on any atom is -0.394 e. The molecular formula is C81H137NO8. The lowest BCUT2D eigenvalue weighted by Gasteiger charge is -2.40. The number of hydrogen-bond acceptors (Lipinski definition) is 8. The summed E-state index contributed by atoms with van der Waals surface area (Å²) in [6.45, 7) is 3.68. The summed E-state index contributed by atoms with van der Waals surface area (Å²) < 4.78 is 11.3. The summed E-state index contributed by atoms with van der Waals surface area (Å²) >= 11 is 0. The van der Waals surface area contributed by atoms with Gasteiger partial charge in [0.1, 0.15) is 24.4 Å². The SMILES string of the molecule is CC/C=C\C/C=C\C/C=C\C/C=C\C/C=C\C/C=C\C/C=C\C/C=C\C/C=C\C/C=C\C/C=C\CCCCCCCCCC(=O)NC(COC1OC(CO)C(O)C(O)C1O)C(O)/C=C/CCCCCCCCCCCCCCCCCCCCCCCCCC. The van der Waals surface area contributed by atoms with Crippen LogP contribution in [0.25, 0.3) is 0 Å². The van der Waals surface area contributed by atoms with Crippen LogP contribution in [0.3, 0.4) is 0 Å². The summed E-state index contributed by atoms with van der Waals surface area (Å²) in [5, 5.41) is 54.8. The van der Waals surface area contributed by atoms with Crippen molar-refractivity contribution in [3.63, 3.8) is 0 Å². The molecule has 0 aromatic heterocycles. The first-order valence-electron chi connectivity index (χ1n) is 37.1. The molecule has 1 heterocycles. The maximum Gasteiger partial charge on any atom is 0.220 e. The molecular weight excluding hydrogens is 1110 g/mol. The molecule has 1 rings (SSSR count). The van der Waals surface area contributed by atoms with Gasteiger partial charge >= 0.3 is 0 Å². The van der Waals surface area contributed by atoms with Gasteiger partial charge in [0.15, 0.2) is 6.29 Å². The van der Waals surface area contributed by atoms with Crippen molar-refractivity contribution < 1.29 is 39.8 Å². The Balaban J connectivity index is 2.16. The molecule has 1 saturated heterocycles. The maximum atomic E-state index is 13.1. The lowest BCUT2D eigenvalue weighted by molar-refractivity contribution is -0.302. The molecule has 0 bridgehead atoms. The van der Waals surface area contributed by atoms with Gasteiger partial charge in [0.2, 0.25) is 5.91 Å². The van der Waals surface area contributed by atoms with Gasteiger partial charge in [0.05, 0.1) is 25.4 Å². The van der Waals surface area contributed by atoms with Crippen LogP contribution in [0, 0.1) is 0 Å². The highest BCUT2D eigenvalue weighted by Crippen LogP contribution is 2.23. The lowest BCUT2D eigenvalue weighted by Crippen LogP contribution is -2.60. The normalized spacial score (nSPS) is 18.7. The van der Waals surface area contributed by atoms with Crippen LogP contribution in [0.2, 0.25) is 0 Å². The highest BCUT2D eigenvalue weighted by molar-refractivity contribution is 5.76. The number of ether oxygens (including phenoxy) is 2. The van der Waals surface area contributed by atoms with Crippen molar-refractivity contribution in [2.45, 2.75) is 346 Å². The van der Waals surface area contributed by atoms with Crippen LogP contribution in [-0.4, -0.2) is 87.5 Å². The number of aliphatic hydroxyl groups is 5. The molecule has 0 radical (unpaired) electrons. The van der Waals surface area contributed by atoms with Crippen molar-refractivity contribution in [1.82, 2.24) is 5.32 Å². The summed E-state index contributed by atoms with van der Waals surface area (Å²) in [5.41, 5.74) is 0. The number of nitrogens with one attached hydrogen (secondary N) is 1. The van der Waals surface area contributed by atoms with E-state index in [9.17, 15) is 30.3 Å². The molecule has 0 spiro atoms. The van der Waals surface area contributed by atoms with Gasteiger partial charge in [0.25, 0.3) is 0 Å². The van der Waals surface area contributed by atoms with Crippen LogP contribution in [0.5, 0.6) is 0 Å². The third-order valence-electron chi connectivity index (χ3n) is 16.7. The molecule has 1 aliphatic heterocycles. The zero-order valence-corrected chi connectivity index (χ0v) is 57.6. The van der Waals surface area contributed by atoms with E-state index in [1.807, 2.05) is 6.08 Å². The second-order valence-corrected chi connectivity index (χ2v) is 25.0. The van der Waals surface area contributed by atoms with Gasteiger partial charge in [-0.3, -0.25) is 4.79 Å². The van der Waals surface area contributed by atoms with Gasteiger partial charge in [-0.1, -0.05) is 339 Å². The summed E-state index contributed by atoms with van der Waals surface area (Å²) in [6, 6.07) is -0.823. The van der Waals surface area contributed by atoms with Crippen LogP contribution in [-0.2, 0) is 14.3 Å². The Bertz CT molecular complexity index is 1940. The van der Waals surface area contributed by atoms with Crippen LogP contribution >= 0.6 is 0 Å². The van der Waals surface area contributed by atoms with Gasteiger partial charge in [0, 0.05) is 6.42 Å². The molecule has 9 nitrogen and oxygen atoms in total. The van der Waals surface area contributed by atoms with E-state index in [4.69, 9.17) is 9.47 Å². The second kappa shape index (κ2) is 67.9. The smallest absolute Gasteiger partial charge is 0.220 e. The minimum atomic E-state index is -1.58. The first-order valence-corrected chi connectivity index (χ1v) is 37.1. The van der Waals surface area contributed by atoms with E-state index < -0.39 is 49.5 Å². The Kier molecular flexibility index (Phi) is 63.5. The van der Waals surface area contributed by atoms with Gasteiger partial charge in [-0.05, 0) is 103 Å². The Labute approximate surface area is 553 Å². The number of amides is 1. The first kappa shape index (κ1) is 84.1. The number of carbonyl (C=O) groups is 1. The standard InChI is InChI=1S/C81H137NO8/c1-3-5-7-9-11-13-15-17-19-21-23-25-27-29-31-32-33-34-35-36-37-38-39-40-41-42-43-44-45-47-49-51-53-55-57-59-61-63-65-67-69-71-77(85)82-74(73-89-81-80(88)79(87)78(86)76(72-83)90-81)75(84)70-68-66-64-62-60-58-56-54-52-50-48-46-30-28-26-24-22-20-18-16-14-12-10-8-6-4-2/h5,7,11,13,17,19,23,25,29,31,33-34,36-37,39-40,42-43,45,47,51,53,68,70,74-76,78-81,83-84,86-88H,3-4,6,8-10,12,14-16,18,20-22,24,26-28,30,32,35,38,41,44,46,48-50,52,54-67,69,71-73H2,1-2H3,(H,82,85)/b7-5-,13-11-,19-17-,25-23-,31-29-,34-33-,37-36-,40-39-,43-42-,47-45-,53-51-,70-68+. The van der Waals surface area contributed by atoms with E-state index in [0.717, 1.165) is 122 Å². The van der Waals surface area contributed by atoms with E-state index in [0.29, 0.717) is 6.42 Å². The second-order valence-electron chi connectivity index (χ2n) is 25.0. The summed E-state index contributed by atoms with van der Waals surface area (Å²) in [4.78, 5) is 13.1. The zero-order valence-electron chi connectivity index (χ0n) is 57.6. The number of hydrogen-bond donors (Lipinski definition) is 6. The molecule has 0 saturated carbocycles. The fourth-order valence-electron chi connectivity index (χ4n) is 10.9. The molecule has 0 aliphatic carbocycles. The Morgan fingerprint density at radius 2 is 0.689 bits per heavy atom. The van der Waals surface area contributed by atoms with Crippen molar-refractivity contribution in [3.8, 4) is 0 Å². The Morgan fingerprint density at radius 1 is 0.389 bits per heavy atom. The fraction of sp³-hybridized carbons (Fsp3) is 0.691. The molecule has 7 unspecified atom stereocenters. The predicted octanol–water partition coefficient (Wildman–Crippen LogP) is 20.9. The molecule has 1 amide bonds. The molecule has 0 aromatic carbocycles. The quantitative estimate of drug-likeness (QED) is 0.0261. The Hall–Kier alpha value is -3.93. The van der Waals surface area contributed by atoms with E-state index in [1.165, 1.54) is 161 Å². The topological polar surface area (TPSA) is 149 Å². The molecule has 7 atom stereocenters. The summed E-state index contributed by atoms with van der Waals surface area (Å²) in [7, 11) is 0. The number of allylic oxidation sites excluding steroid dienone is 23. The summed E-state index contributed by atoms with van der Waals surface area (Å²) in [5.74, 6) is -0.191. The van der Waals surface area contributed by atoms with Crippen molar-refractivity contribution in [2.75, 3.05) is 13.2 Å². The van der Waals surface area contributed by atoms with E-state index >= 15 is 0 Å². The van der Waals surface area contributed by atoms with Gasteiger partial charge in [-0.15, -0.1) is 0 Å². The lowest BCUT2D eigenvalue weighted by atomic mass is 9.99. The monoisotopic (exact) mass is 1250 g/mol. The van der Waals surface area contributed by atoms with Gasteiger partial charge in [-0.25, -0.2) is 0 Å². The molecule has 90 heavy (non-hydrogen) atoms. The number of rotatable bonds is 63. The van der Waals surface area contributed by atoms with E-state index in [1.54, 1.807) is 6.08 Å². The van der Waals surface area contributed by atoms with Crippen LogP contribution in [0.4, 0.5) is 0 Å². The predicted molar refractivity (Wildman–Crippen MR) is 386 cm³/mol. The first-order chi connectivity index (χ1) is 44.3. The van der Waals surface area contributed by atoms with Gasteiger partial charge < -0.3 is 40.3 Å². The van der Waals surface area contributed by atoms with Crippen molar-refractivity contribution in [3.05, 3.63) is 146 Å². The Morgan fingerprint density at radius 3 is 1.02 bits per heavy atom. The maximum absolute atomic E-state index is 13.1. The van der Waals surface area contributed by atoms with E-state index in [-0.39, 0.29) is 12.5 Å². The molecule has 1 fully saturated rings. The van der Waals surface area contributed by atoms with Gasteiger partial charge in [-0.2, -0.15) is 0 Å². The third kappa shape index (κ3) is 55.7. The van der Waals surface area contributed by atoms with Crippen molar-refractivity contribution >= 4 is 5.91 Å². The number of unbranched alkanes of at least 4 members (excludes halogenated alkanes) is 31. The van der Waals surface area contributed by atoms with Crippen LogP contribution in [0.1, 0.15) is 303 Å². The van der Waals surface area contributed by atoms with Crippen molar-refractivity contribution in [2.24, 2.45) is 0 Å². The number of aliphatic hydroxyl groups excluding tert-OH is 5. The summed E-state index contributed by atoms with van der Waals surface area (Å²) in [6.07, 6.45) is 98.1. The fourth-order valence-corrected chi connectivity index (χ4v) is 10.9.